The van der Waals surface area contributed by atoms with Gasteiger partial charge in [-0.1, -0.05) is 275 Å². The molecule has 71 heavy (non-hydrogen) atoms. The molecule has 0 spiro atoms. The minimum absolute atomic E-state index is 0.0780. The van der Waals surface area contributed by atoms with Crippen LogP contribution in [0.5, 0.6) is 0 Å². The van der Waals surface area contributed by atoms with E-state index in [2.05, 4.69) is 69.2 Å². The van der Waals surface area contributed by atoms with Gasteiger partial charge in [-0.25, -0.2) is 0 Å². The van der Waals surface area contributed by atoms with E-state index in [1.807, 2.05) is 0 Å². The molecule has 0 aromatic carbocycles. The number of hydrogen-bond acceptors (Lipinski definition) is 7. The summed E-state index contributed by atoms with van der Waals surface area (Å²) in [4.78, 5) is 27.2. The summed E-state index contributed by atoms with van der Waals surface area (Å²) >= 11 is 0. The first-order chi connectivity index (χ1) is 34.5. The normalized spacial score (nSPS) is 24.8. The van der Waals surface area contributed by atoms with Gasteiger partial charge in [0.05, 0.1) is 12.2 Å². The standard InChI is InChI=1S/C64H122O7/c1-11-15-19-23-27-31-35-39-43-57(44-40-36-32-28-24-20-16-12-2)47-61(65)67-49-59-53(7)51(5)55(9)63(69-59)71-64-56(10)52(6)54(8)60(70-64)50-68-62(66)48-58(45-41-37-33-29-25-21-17-13-3)46-42-38-34-30-26-22-18-14-4/h51-60,63-64H,11-50H2,1-10H3/t51-,52-,53+,54+,55?,56?,59?,60?,63-,64-/m0/s1. The van der Waals surface area contributed by atoms with Gasteiger partial charge in [0, 0.05) is 24.7 Å². The molecular weight excluding hydrogens is 881 g/mol. The summed E-state index contributed by atoms with van der Waals surface area (Å²) in [5.41, 5.74) is 0. The molecule has 2 rings (SSSR count). The Morgan fingerprint density at radius 3 is 0.831 bits per heavy atom. The molecule has 0 saturated carbocycles. The van der Waals surface area contributed by atoms with Gasteiger partial charge in [-0.15, -0.1) is 0 Å². The van der Waals surface area contributed by atoms with Crippen molar-refractivity contribution in [2.24, 2.45) is 47.3 Å². The quantitative estimate of drug-likeness (QED) is 0.0444. The van der Waals surface area contributed by atoms with E-state index in [4.69, 9.17) is 23.7 Å². The molecule has 2 aliphatic heterocycles. The highest BCUT2D eigenvalue weighted by molar-refractivity contribution is 5.70. The molecule has 0 aliphatic carbocycles. The van der Waals surface area contributed by atoms with Crippen molar-refractivity contribution in [1.29, 1.82) is 0 Å². The Labute approximate surface area is 442 Å². The summed E-state index contributed by atoms with van der Waals surface area (Å²) < 4.78 is 32.6. The van der Waals surface area contributed by atoms with Gasteiger partial charge in [0.15, 0.2) is 12.6 Å². The third-order valence-corrected chi connectivity index (χ3v) is 17.8. The molecule has 7 heteroatoms. The van der Waals surface area contributed by atoms with Crippen molar-refractivity contribution in [1.82, 2.24) is 0 Å². The van der Waals surface area contributed by atoms with Gasteiger partial charge in [-0.2, -0.15) is 0 Å². The average molecular weight is 1000 g/mol. The van der Waals surface area contributed by atoms with Crippen molar-refractivity contribution in [3.8, 4) is 0 Å². The average Bonchev–Trinajstić information content (AvgIpc) is 3.36. The molecule has 10 atom stereocenters. The number of hydrogen-bond donors (Lipinski definition) is 0. The molecule has 0 N–H and O–H groups in total. The fourth-order valence-corrected chi connectivity index (χ4v) is 11.7. The molecule has 4 unspecified atom stereocenters. The van der Waals surface area contributed by atoms with Crippen molar-refractivity contribution in [3.05, 3.63) is 0 Å². The number of unbranched alkanes of at least 4 members (excludes halogenated alkanes) is 28. The van der Waals surface area contributed by atoms with Crippen LogP contribution in [-0.2, 0) is 33.3 Å². The summed E-state index contributed by atoms with van der Waals surface area (Å²) in [5.74, 6) is 1.96. The SMILES string of the molecule is CCCCCCCCCCC(CCCCCCCCCC)CC(=O)OCC1O[C@@H](O[C@@H]2OC(COC(=O)CC(CCCCCCCCCC)CCCCCCCCCC)[C@H](C)[C@H](C)C2C)C(C)[C@@H](C)[C@H]1C. The summed E-state index contributed by atoms with van der Waals surface area (Å²) in [6.07, 6.45) is 46.0. The van der Waals surface area contributed by atoms with E-state index < -0.39 is 12.6 Å². The highest BCUT2D eigenvalue weighted by atomic mass is 16.8. The van der Waals surface area contributed by atoms with Crippen LogP contribution >= 0.6 is 0 Å². The first kappa shape index (κ1) is 65.9. The maximum Gasteiger partial charge on any atom is 0.306 e. The predicted molar refractivity (Wildman–Crippen MR) is 300 cm³/mol. The summed E-state index contributed by atoms with van der Waals surface area (Å²) in [5, 5.41) is 0. The molecular formula is C64H122O7. The maximum absolute atomic E-state index is 13.6. The Morgan fingerprint density at radius 1 is 0.338 bits per heavy atom. The van der Waals surface area contributed by atoms with Gasteiger partial charge < -0.3 is 23.7 Å². The molecule has 0 aromatic rings. The fourth-order valence-electron chi connectivity index (χ4n) is 11.7. The number of ether oxygens (including phenoxy) is 5. The molecule has 0 radical (unpaired) electrons. The van der Waals surface area contributed by atoms with Crippen molar-refractivity contribution in [2.45, 2.75) is 338 Å². The molecule has 420 valence electrons. The van der Waals surface area contributed by atoms with Crippen LogP contribution in [0.2, 0.25) is 0 Å². The number of esters is 2. The summed E-state index contributed by atoms with van der Waals surface area (Å²) in [6, 6.07) is 0. The van der Waals surface area contributed by atoms with Gasteiger partial charge in [-0.3, -0.25) is 9.59 Å². The Hall–Kier alpha value is -1.18. The van der Waals surface area contributed by atoms with E-state index in [1.54, 1.807) is 0 Å². The third kappa shape index (κ3) is 30.2. The zero-order chi connectivity index (χ0) is 51.9. The maximum atomic E-state index is 13.6. The van der Waals surface area contributed by atoms with Gasteiger partial charge in [0.2, 0.25) is 0 Å². The zero-order valence-electron chi connectivity index (χ0n) is 49.1. The number of carbonyl (C=O) groups is 2. The van der Waals surface area contributed by atoms with Gasteiger partial charge in [-0.05, 0) is 61.2 Å². The Morgan fingerprint density at radius 2 is 0.577 bits per heavy atom. The van der Waals surface area contributed by atoms with Crippen LogP contribution in [-0.4, -0.2) is 49.9 Å². The Bertz CT molecular complexity index is 1110. The van der Waals surface area contributed by atoms with Crippen LogP contribution in [0, 0.1) is 47.3 Å². The lowest BCUT2D eigenvalue weighted by Gasteiger charge is -2.48. The van der Waals surface area contributed by atoms with Crippen molar-refractivity contribution >= 4 is 11.9 Å². The second-order valence-corrected chi connectivity index (χ2v) is 23.9. The second-order valence-electron chi connectivity index (χ2n) is 23.9. The van der Waals surface area contributed by atoms with Crippen LogP contribution < -0.4 is 0 Å². The fraction of sp³-hybridized carbons (Fsp3) is 0.969. The Balaban J connectivity index is 1.96. The van der Waals surface area contributed by atoms with Crippen LogP contribution in [0.3, 0.4) is 0 Å². The van der Waals surface area contributed by atoms with Crippen LogP contribution in [0.1, 0.15) is 313 Å². The molecule has 0 amide bonds. The van der Waals surface area contributed by atoms with Gasteiger partial charge >= 0.3 is 11.9 Å². The lowest BCUT2D eigenvalue weighted by molar-refractivity contribution is -0.344. The molecule has 0 bridgehead atoms. The molecule has 7 nitrogen and oxygen atoms in total. The van der Waals surface area contributed by atoms with Crippen LogP contribution in [0.4, 0.5) is 0 Å². The van der Waals surface area contributed by atoms with E-state index in [-0.39, 0.29) is 61.0 Å². The molecule has 2 aliphatic rings. The third-order valence-electron chi connectivity index (χ3n) is 17.8. The summed E-state index contributed by atoms with van der Waals surface area (Å²) in [6.45, 7) is 23.1. The largest absolute Gasteiger partial charge is 0.463 e. The smallest absolute Gasteiger partial charge is 0.306 e. The highest BCUT2D eigenvalue weighted by Gasteiger charge is 2.46. The van der Waals surface area contributed by atoms with E-state index in [9.17, 15) is 9.59 Å². The van der Waals surface area contributed by atoms with Gasteiger partial charge in [0.25, 0.3) is 0 Å². The van der Waals surface area contributed by atoms with Crippen molar-refractivity contribution < 1.29 is 33.3 Å². The monoisotopic (exact) mass is 1000 g/mol. The molecule has 0 aromatic heterocycles. The summed E-state index contributed by atoms with van der Waals surface area (Å²) in [7, 11) is 0. The molecule has 2 saturated heterocycles. The topological polar surface area (TPSA) is 80.3 Å². The molecule has 2 heterocycles. The van der Waals surface area contributed by atoms with Crippen LogP contribution in [0.15, 0.2) is 0 Å². The van der Waals surface area contributed by atoms with E-state index >= 15 is 0 Å². The Kier molecular flexibility index (Phi) is 39.9. The second kappa shape index (κ2) is 43.0. The molecule has 2 fully saturated rings. The number of carbonyl (C=O) groups excluding carboxylic acids is 2. The van der Waals surface area contributed by atoms with E-state index in [0.29, 0.717) is 36.5 Å². The van der Waals surface area contributed by atoms with E-state index in [0.717, 1.165) is 25.7 Å². The number of rotatable bonds is 46. The minimum atomic E-state index is -0.480. The highest BCUT2D eigenvalue weighted by Crippen LogP contribution is 2.41. The zero-order valence-corrected chi connectivity index (χ0v) is 49.1. The van der Waals surface area contributed by atoms with Crippen LogP contribution in [0.25, 0.3) is 0 Å². The van der Waals surface area contributed by atoms with Gasteiger partial charge in [0.1, 0.15) is 13.2 Å². The van der Waals surface area contributed by atoms with Crippen molar-refractivity contribution in [2.75, 3.05) is 13.2 Å². The van der Waals surface area contributed by atoms with E-state index in [1.165, 1.54) is 205 Å². The lowest BCUT2D eigenvalue weighted by atomic mass is 9.78. The lowest BCUT2D eigenvalue weighted by Crippen LogP contribution is -2.53. The first-order valence-corrected chi connectivity index (χ1v) is 31.7. The van der Waals surface area contributed by atoms with Crippen molar-refractivity contribution in [3.63, 3.8) is 0 Å². The minimum Gasteiger partial charge on any atom is -0.463 e. The first-order valence-electron chi connectivity index (χ1n) is 31.7. The predicted octanol–water partition coefficient (Wildman–Crippen LogP) is 19.5.